The minimum atomic E-state index is -0.705. The summed E-state index contributed by atoms with van der Waals surface area (Å²) in [5, 5.41) is 11.4. The number of rotatable bonds is 5. The Bertz CT molecular complexity index is 887. The van der Waals surface area contributed by atoms with E-state index in [1.165, 1.54) is 12.0 Å². The van der Waals surface area contributed by atoms with E-state index in [1.54, 1.807) is 36.4 Å². The van der Waals surface area contributed by atoms with Crippen LogP contribution < -0.4 is 0 Å². The van der Waals surface area contributed by atoms with E-state index in [-0.39, 0.29) is 24.5 Å². The Morgan fingerprint density at radius 1 is 1.11 bits per heavy atom. The molecule has 0 radical (unpaired) electrons. The van der Waals surface area contributed by atoms with Gasteiger partial charge >= 0.3 is 0 Å². The van der Waals surface area contributed by atoms with Gasteiger partial charge in [-0.25, -0.2) is 0 Å². The van der Waals surface area contributed by atoms with Crippen LogP contribution in [0.3, 0.4) is 0 Å². The minimum absolute atomic E-state index is 0.0716. The third kappa shape index (κ3) is 3.75. The van der Waals surface area contributed by atoms with Crippen LogP contribution in [0.1, 0.15) is 22.7 Å². The Kier molecular flexibility index (Phi) is 5.63. The molecule has 2 aromatic rings. The van der Waals surface area contributed by atoms with Crippen LogP contribution in [0.15, 0.2) is 54.1 Å². The molecule has 1 unspecified atom stereocenters. The van der Waals surface area contributed by atoms with Gasteiger partial charge in [0.1, 0.15) is 5.76 Å². The average molecular weight is 386 g/mol. The minimum Gasteiger partial charge on any atom is -0.507 e. The number of aliphatic hydroxyl groups excluding tert-OH is 1. The average Bonchev–Trinajstić information content (AvgIpc) is 2.91. The van der Waals surface area contributed by atoms with Crippen LogP contribution >= 0.6 is 11.6 Å². The number of carbonyl (C=O) groups is 2. The number of hydrogen-bond donors (Lipinski definition) is 1. The number of aliphatic hydroxyl groups is 1. The van der Waals surface area contributed by atoms with Gasteiger partial charge in [-0.05, 0) is 24.6 Å². The van der Waals surface area contributed by atoms with Crippen molar-refractivity contribution in [3.63, 3.8) is 0 Å². The number of ketones is 1. The van der Waals surface area contributed by atoms with Gasteiger partial charge < -0.3 is 14.7 Å². The molecular weight excluding hydrogens is 366 g/mol. The first-order chi connectivity index (χ1) is 12.9. The van der Waals surface area contributed by atoms with Crippen molar-refractivity contribution in [3.8, 4) is 0 Å². The number of methoxy groups -OCH3 is 1. The largest absolute Gasteiger partial charge is 0.507 e. The number of halogens is 1. The monoisotopic (exact) mass is 385 g/mol. The number of likely N-dealkylation sites (tertiary alicyclic amines) is 1. The molecule has 0 spiro atoms. The highest BCUT2D eigenvalue weighted by molar-refractivity contribution is 6.46. The predicted octanol–water partition coefficient (Wildman–Crippen LogP) is 3.72. The fourth-order valence-corrected chi connectivity index (χ4v) is 3.28. The zero-order valence-corrected chi connectivity index (χ0v) is 15.9. The van der Waals surface area contributed by atoms with Crippen LogP contribution in [0.25, 0.3) is 5.76 Å². The fraction of sp³-hybridized carbons (Fsp3) is 0.238. The molecular formula is C21H20ClNO4. The Morgan fingerprint density at radius 3 is 2.33 bits per heavy atom. The van der Waals surface area contributed by atoms with Crippen molar-refractivity contribution >= 4 is 29.1 Å². The van der Waals surface area contributed by atoms with Gasteiger partial charge in [-0.15, -0.1) is 0 Å². The van der Waals surface area contributed by atoms with E-state index in [2.05, 4.69) is 0 Å². The maximum absolute atomic E-state index is 12.7. The molecule has 1 aliphatic heterocycles. The highest BCUT2D eigenvalue weighted by Crippen LogP contribution is 2.39. The van der Waals surface area contributed by atoms with Crippen molar-refractivity contribution in [1.29, 1.82) is 0 Å². The van der Waals surface area contributed by atoms with Gasteiger partial charge in [0.25, 0.3) is 11.7 Å². The first kappa shape index (κ1) is 19.1. The van der Waals surface area contributed by atoms with Gasteiger partial charge in [-0.3, -0.25) is 9.59 Å². The second-order valence-electron chi connectivity index (χ2n) is 6.40. The lowest BCUT2D eigenvalue weighted by molar-refractivity contribution is -0.140. The lowest BCUT2D eigenvalue weighted by Crippen LogP contribution is -2.32. The van der Waals surface area contributed by atoms with Gasteiger partial charge in [0, 0.05) is 24.2 Å². The Hall–Kier alpha value is -2.63. The maximum atomic E-state index is 12.7. The Labute approximate surface area is 162 Å². The predicted molar refractivity (Wildman–Crippen MR) is 104 cm³/mol. The van der Waals surface area contributed by atoms with Crippen molar-refractivity contribution in [2.24, 2.45) is 0 Å². The van der Waals surface area contributed by atoms with E-state index in [4.69, 9.17) is 16.3 Å². The first-order valence-corrected chi connectivity index (χ1v) is 8.91. The van der Waals surface area contributed by atoms with Crippen LogP contribution in [-0.4, -0.2) is 42.0 Å². The smallest absolute Gasteiger partial charge is 0.295 e. The number of carbonyl (C=O) groups excluding carboxylic acids is 2. The molecule has 140 valence electrons. The van der Waals surface area contributed by atoms with Crippen LogP contribution in [-0.2, 0) is 14.3 Å². The molecule has 0 bridgehead atoms. The maximum Gasteiger partial charge on any atom is 0.295 e. The zero-order chi connectivity index (χ0) is 19.6. The molecule has 1 amide bonds. The molecule has 0 aromatic heterocycles. The van der Waals surface area contributed by atoms with E-state index in [9.17, 15) is 14.7 Å². The zero-order valence-electron chi connectivity index (χ0n) is 15.1. The summed E-state index contributed by atoms with van der Waals surface area (Å²) in [7, 11) is 1.53. The molecule has 1 fully saturated rings. The normalized spacial score (nSPS) is 18.9. The number of hydrogen-bond acceptors (Lipinski definition) is 4. The van der Waals surface area contributed by atoms with Gasteiger partial charge in [-0.1, -0.05) is 53.6 Å². The topological polar surface area (TPSA) is 66.8 Å². The standard InChI is InChI=1S/C21H20ClNO4/c1-13-3-5-15(6-4-13)19(24)17-18(14-7-9-16(22)10-8-14)23(11-12-27-2)21(26)20(17)25/h3-10,18,24H,11-12H2,1-2H3. The van der Waals surface area contributed by atoms with E-state index >= 15 is 0 Å². The highest BCUT2D eigenvalue weighted by Gasteiger charge is 2.45. The van der Waals surface area contributed by atoms with Crippen LogP contribution in [0.2, 0.25) is 5.02 Å². The second kappa shape index (κ2) is 7.94. The molecule has 3 rings (SSSR count). The molecule has 2 aromatic carbocycles. The summed E-state index contributed by atoms with van der Waals surface area (Å²) in [6.45, 7) is 2.45. The van der Waals surface area contributed by atoms with Gasteiger partial charge in [-0.2, -0.15) is 0 Å². The van der Waals surface area contributed by atoms with Crippen molar-refractivity contribution in [1.82, 2.24) is 4.90 Å². The fourth-order valence-electron chi connectivity index (χ4n) is 3.16. The lowest BCUT2D eigenvalue weighted by Gasteiger charge is -2.25. The molecule has 1 heterocycles. The first-order valence-electron chi connectivity index (χ1n) is 8.54. The van der Waals surface area contributed by atoms with Crippen molar-refractivity contribution in [3.05, 3.63) is 75.8 Å². The van der Waals surface area contributed by atoms with Crippen LogP contribution in [0.5, 0.6) is 0 Å². The molecule has 1 N–H and O–H groups in total. The summed E-state index contributed by atoms with van der Waals surface area (Å²) in [4.78, 5) is 26.8. The third-order valence-electron chi connectivity index (χ3n) is 4.59. The van der Waals surface area contributed by atoms with Gasteiger partial charge in [0.2, 0.25) is 0 Å². The summed E-state index contributed by atoms with van der Waals surface area (Å²) in [5.74, 6) is -1.54. The van der Waals surface area contributed by atoms with Gasteiger partial charge in [0.05, 0.1) is 18.2 Å². The molecule has 1 aliphatic rings. The SMILES string of the molecule is COCCN1C(=O)C(=O)C(=C(O)c2ccc(C)cc2)C1c1ccc(Cl)cc1. The summed E-state index contributed by atoms with van der Waals surface area (Å²) >= 11 is 5.98. The Balaban J connectivity index is 2.14. The molecule has 1 saturated heterocycles. The van der Waals surface area contributed by atoms with E-state index < -0.39 is 17.7 Å². The summed E-state index contributed by atoms with van der Waals surface area (Å²) in [6, 6.07) is 13.3. The Morgan fingerprint density at radius 2 is 1.74 bits per heavy atom. The molecule has 0 saturated carbocycles. The van der Waals surface area contributed by atoms with Crippen LogP contribution in [0, 0.1) is 6.92 Å². The van der Waals surface area contributed by atoms with Gasteiger partial charge in [0.15, 0.2) is 0 Å². The molecule has 1 atom stereocenters. The number of nitrogens with zero attached hydrogens (tertiary/aromatic N) is 1. The van der Waals surface area contributed by atoms with Crippen molar-refractivity contribution in [2.75, 3.05) is 20.3 Å². The third-order valence-corrected chi connectivity index (χ3v) is 4.84. The van der Waals surface area contributed by atoms with E-state index in [0.29, 0.717) is 16.1 Å². The number of Topliss-reactive ketones (excluding diaryl/α,β-unsaturated/α-hetero) is 1. The van der Waals surface area contributed by atoms with Crippen molar-refractivity contribution in [2.45, 2.75) is 13.0 Å². The van der Waals surface area contributed by atoms with Crippen LogP contribution in [0.4, 0.5) is 0 Å². The molecule has 5 nitrogen and oxygen atoms in total. The highest BCUT2D eigenvalue weighted by atomic mass is 35.5. The number of ether oxygens (including phenoxy) is 1. The second-order valence-corrected chi connectivity index (χ2v) is 6.84. The number of aryl methyl sites for hydroxylation is 1. The molecule has 27 heavy (non-hydrogen) atoms. The summed E-state index contributed by atoms with van der Waals surface area (Å²) < 4.78 is 5.08. The quantitative estimate of drug-likeness (QED) is 0.484. The molecule has 0 aliphatic carbocycles. The number of benzene rings is 2. The van der Waals surface area contributed by atoms with E-state index in [0.717, 1.165) is 5.56 Å². The van der Waals surface area contributed by atoms with E-state index in [1.807, 2.05) is 19.1 Å². The summed E-state index contributed by atoms with van der Waals surface area (Å²) in [6.07, 6.45) is 0. The van der Waals surface area contributed by atoms with Crippen molar-refractivity contribution < 1.29 is 19.4 Å². The lowest BCUT2D eigenvalue weighted by atomic mass is 9.95. The summed E-state index contributed by atoms with van der Waals surface area (Å²) in [5.41, 5.74) is 2.29. The number of amides is 1. The molecule has 6 heteroatoms.